The topological polar surface area (TPSA) is 24.7 Å². The van der Waals surface area contributed by atoms with Gasteiger partial charge in [-0.05, 0) is 0 Å². The van der Waals surface area contributed by atoms with Gasteiger partial charge in [0.1, 0.15) is 0 Å². The van der Waals surface area contributed by atoms with E-state index in [-0.39, 0.29) is 0 Å². The monoisotopic (exact) mass is 103 g/mol. The summed E-state index contributed by atoms with van der Waals surface area (Å²) in [6, 6.07) is 0. The van der Waals surface area contributed by atoms with Gasteiger partial charge in [0, 0.05) is 0 Å². The molecular weight excluding hydrogens is 101 g/mol. The van der Waals surface area contributed by atoms with Crippen LogP contribution < -0.4 is 0 Å². The van der Waals surface area contributed by atoms with Crippen LogP contribution in [0.4, 0.5) is 0 Å². The maximum absolute atomic E-state index is 4.58. The quantitative estimate of drug-likeness (QED) is 0.270. The molecule has 0 aromatic carbocycles. The Hall–Kier alpha value is 0.395. The standard InChI is InChI=1S/BH2N2P2/c1-2-3-5-4/h4H2. The van der Waals surface area contributed by atoms with Crippen LogP contribution in [0.2, 0.25) is 0 Å². The molecule has 2 nitrogen and oxygen atoms in total. The van der Waals surface area contributed by atoms with Crippen LogP contribution in [-0.2, 0) is 0 Å². The van der Waals surface area contributed by atoms with Gasteiger partial charge in [0.05, 0.1) is 0 Å². The Balaban J connectivity index is 2.92. The molecule has 0 aromatic rings. The van der Waals surface area contributed by atoms with Crippen molar-refractivity contribution in [1.29, 1.82) is 0 Å². The fraction of sp³-hybridized carbons (Fsp3) is 0. The minimum atomic E-state index is 0.780. The summed E-state index contributed by atoms with van der Waals surface area (Å²) in [7, 11) is 7.69. The zero-order valence-corrected chi connectivity index (χ0v) is 4.55. The van der Waals surface area contributed by atoms with Gasteiger partial charge in [-0.2, -0.15) is 0 Å². The fourth-order valence-corrected chi connectivity index (χ4v) is 0.268. The van der Waals surface area contributed by atoms with Gasteiger partial charge in [-0.1, -0.05) is 0 Å². The summed E-state index contributed by atoms with van der Waals surface area (Å²) in [5, 5.41) is 2.95. The second-order valence-electron chi connectivity index (χ2n) is 0.320. The van der Waals surface area contributed by atoms with Crippen molar-refractivity contribution in [3.8, 4) is 0 Å². The summed E-state index contributed by atoms with van der Waals surface area (Å²) in [6.45, 7) is 0. The summed E-state index contributed by atoms with van der Waals surface area (Å²) >= 11 is 0. The van der Waals surface area contributed by atoms with Gasteiger partial charge in [-0.25, -0.2) is 0 Å². The van der Waals surface area contributed by atoms with Gasteiger partial charge >= 0.3 is 34.5 Å². The van der Waals surface area contributed by atoms with Crippen LogP contribution in [0, 0.1) is 0 Å². The Labute approximate surface area is 35.4 Å². The van der Waals surface area contributed by atoms with E-state index in [1.54, 1.807) is 0 Å². The number of hydrogen-bond acceptors (Lipinski definition) is 1. The molecular formula is H2BN2P2. The molecule has 0 aliphatic heterocycles. The molecule has 0 N–H and O–H groups in total. The first-order chi connectivity index (χ1) is 2.41. The van der Waals surface area contributed by atoms with E-state index in [4.69, 9.17) is 0 Å². The predicted molar refractivity (Wildman–Crippen MR) is 27.2 cm³/mol. The summed E-state index contributed by atoms with van der Waals surface area (Å²) in [4.78, 5) is 3.31. The average Bonchev–Trinajstić information content (AvgIpc) is 1.41. The van der Waals surface area contributed by atoms with E-state index in [0.29, 0.717) is 0 Å². The maximum atomic E-state index is 4.58. The van der Waals surface area contributed by atoms with Crippen molar-refractivity contribution in [2.75, 3.05) is 0 Å². The zero-order chi connectivity index (χ0) is 4.12. The SMILES string of the molecule is [B]=NN=PP. The van der Waals surface area contributed by atoms with Gasteiger partial charge in [-0.15, -0.1) is 0 Å². The number of nitrogens with zero attached hydrogens (tertiary/aromatic N) is 2. The second kappa shape index (κ2) is 4.39. The Morgan fingerprint density at radius 2 is 2.40 bits per heavy atom. The first kappa shape index (κ1) is 5.39. The van der Waals surface area contributed by atoms with Crippen molar-refractivity contribution in [1.82, 2.24) is 0 Å². The molecule has 0 bridgehead atoms. The molecule has 0 aliphatic rings. The van der Waals surface area contributed by atoms with Gasteiger partial charge in [0.2, 0.25) is 0 Å². The summed E-state index contributed by atoms with van der Waals surface area (Å²) in [6.07, 6.45) is 0. The summed E-state index contributed by atoms with van der Waals surface area (Å²) < 4.78 is 0. The van der Waals surface area contributed by atoms with E-state index >= 15 is 0 Å². The average molecular weight is 103 g/mol. The van der Waals surface area contributed by atoms with Crippen molar-refractivity contribution < 1.29 is 0 Å². The third-order valence-electron chi connectivity index (χ3n) is 0.103. The van der Waals surface area contributed by atoms with Crippen LogP contribution in [0.3, 0.4) is 0 Å². The Bertz CT molecular complexity index is 49.6. The first-order valence-electron chi connectivity index (χ1n) is 0.916. The van der Waals surface area contributed by atoms with Crippen LogP contribution >= 0.6 is 17.0 Å². The third kappa shape index (κ3) is 4.39. The van der Waals surface area contributed by atoms with Crippen LogP contribution in [0.5, 0.6) is 0 Å². The van der Waals surface area contributed by atoms with Crippen LogP contribution in [0.15, 0.2) is 9.86 Å². The van der Waals surface area contributed by atoms with Gasteiger partial charge in [-0.3, -0.25) is 0 Å². The van der Waals surface area contributed by atoms with Crippen LogP contribution in [0.1, 0.15) is 0 Å². The van der Waals surface area contributed by atoms with E-state index in [0.717, 1.165) is 8.06 Å². The van der Waals surface area contributed by atoms with Crippen molar-refractivity contribution in [3.05, 3.63) is 0 Å². The summed E-state index contributed by atoms with van der Waals surface area (Å²) in [5.41, 5.74) is 0. The molecule has 5 heteroatoms. The Kier molecular flexibility index (Phi) is 4.74. The third-order valence-corrected chi connectivity index (χ3v) is 0.620. The van der Waals surface area contributed by atoms with Gasteiger partial charge in [0.15, 0.2) is 0 Å². The molecule has 0 aliphatic carbocycles. The Morgan fingerprint density at radius 3 is 2.40 bits per heavy atom. The van der Waals surface area contributed by atoms with Crippen molar-refractivity contribution >= 4 is 24.6 Å². The van der Waals surface area contributed by atoms with Crippen molar-refractivity contribution in [2.24, 2.45) is 9.86 Å². The molecule has 0 rings (SSSR count). The molecule has 1 atom stereocenters. The number of rotatable bonds is 1. The summed E-state index contributed by atoms with van der Waals surface area (Å²) in [5.74, 6) is 0. The van der Waals surface area contributed by atoms with E-state index in [1.165, 1.54) is 0 Å². The van der Waals surface area contributed by atoms with E-state index < -0.39 is 0 Å². The minimum absolute atomic E-state index is 0.780. The van der Waals surface area contributed by atoms with Gasteiger partial charge in [0.25, 0.3) is 0 Å². The van der Waals surface area contributed by atoms with E-state index in [9.17, 15) is 0 Å². The van der Waals surface area contributed by atoms with E-state index in [2.05, 4.69) is 26.4 Å². The molecule has 0 spiro atoms. The molecule has 0 aromatic heterocycles. The molecule has 1 unspecified atom stereocenters. The first-order valence-corrected chi connectivity index (χ1v) is 3.38. The molecule has 0 saturated carbocycles. The molecule has 1 radical (unpaired) electrons. The van der Waals surface area contributed by atoms with Crippen molar-refractivity contribution in [3.63, 3.8) is 0 Å². The molecule has 5 heavy (non-hydrogen) atoms. The predicted octanol–water partition coefficient (Wildman–Crippen LogP) is 1.17. The fourth-order valence-electron chi connectivity index (χ4n) is 0.0298. The molecule has 25 valence electrons. The van der Waals surface area contributed by atoms with Gasteiger partial charge < -0.3 is 0 Å². The van der Waals surface area contributed by atoms with Crippen LogP contribution in [0.25, 0.3) is 0 Å². The van der Waals surface area contributed by atoms with Crippen molar-refractivity contribution in [2.45, 2.75) is 0 Å². The number of hydrogen-bond donors (Lipinski definition) is 0. The molecule has 0 heterocycles. The molecule has 0 saturated heterocycles. The van der Waals surface area contributed by atoms with E-state index in [1.807, 2.05) is 0 Å². The normalized spacial score (nSPS) is 8.80. The molecule has 0 fully saturated rings. The zero-order valence-electron chi connectivity index (χ0n) is 2.50. The molecule has 0 amide bonds. The van der Waals surface area contributed by atoms with Crippen LogP contribution in [-0.4, -0.2) is 7.64 Å². The second-order valence-corrected chi connectivity index (χ2v) is 1.42. The Morgan fingerprint density at radius 1 is 1.80 bits per heavy atom.